The summed E-state index contributed by atoms with van der Waals surface area (Å²) in [6.07, 6.45) is 11.4. The number of anilines is 1. The summed E-state index contributed by atoms with van der Waals surface area (Å²) < 4.78 is 29.1. The van der Waals surface area contributed by atoms with Crippen LogP contribution >= 0.6 is 0 Å². The second-order valence-corrected chi connectivity index (χ2v) is 10.2. The summed E-state index contributed by atoms with van der Waals surface area (Å²) in [7, 11) is -3.99. The summed E-state index contributed by atoms with van der Waals surface area (Å²) in [5.74, 6) is 2.38. The lowest BCUT2D eigenvalue weighted by Crippen LogP contribution is -2.39. The van der Waals surface area contributed by atoms with Gasteiger partial charge in [0.25, 0.3) is 15.9 Å². The standard InChI is InChI=1S/C26H26N4O3S/c1-3-4-14-30(21-9-5-6-10-21)26(31)19-8-7-11-22(15-19)34(32,33)29-23-13-12-18(2)24-20(16-27)17-28-25(23)24/h1,7-8,11-13,15,17,21,28-29H,4-6,9-10,14H2,2H3. The van der Waals surface area contributed by atoms with Crippen molar-refractivity contribution in [2.45, 2.75) is 50.0 Å². The van der Waals surface area contributed by atoms with E-state index in [1.807, 2.05) is 6.92 Å². The Balaban J connectivity index is 1.64. The number of carbonyl (C=O) groups is 1. The maximum Gasteiger partial charge on any atom is 0.261 e. The third kappa shape index (κ3) is 4.50. The molecule has 1 aliphatic rings. The number of benzene rings is 2. The number of amides is 1. The summed E-state index contributed by atoms with van der Waals surface area (Å²) in [6.45, 7) is 2.31. The average molecular weight is 475 g/mol. The third-order valence-electron chi connectivity index (χ3n) is 6.32. The minimum absolute atomic E-state index is 0.0116. The lowest BCUT2D eigenvalue weighted by atomic mass is 10.1. The average Bonchev–Trinajstić information content (AvgIpc) is 3.52. The SMILES string of the molecule is C#CCCN(C(=O)c1cccc(S(=O)(=O)Nc2ccc(C)c3c(C#N)c[nH]c23)c1)C1CCCC1. The molecule has 1 aliphatic carbocycles. The van der Waals surface area contributed by atoms with Gasteiger partial charge in [-0.15, -0.1) is 12.3 Å². The molecule has 1 fully saturated rings. The molecule has 2 N–H and O–H groups in total. The Kier molecular flexibility index (Phi) is 6.63. The molecule has 174 valence electrons. The molecule has 1 saturated carbocycles. The van der Waals surface area contributed by atoms with Gasteiger partial charge in [-0.3, -0.25) is 9.52 Å². The maximum atomic E-state index is 13.3. The van der Waals surface area contributed by atoms with Crippen LogP contribution in [-0.2, 0) is 10.0 Å². The van der Waals surface area contributed by atoms with Crippen molar-refractivity contribution in [3.63, 3.8) is 0 Å². The fourth-order valence-corrected chi connectivity index (χ4v) is 5.73. The molecule has 0 saturated heterocycles. The fourth-order valence-electron chi connectivity index (χ4n) is 4.61. The summed E-state index contributed by atoms with van der Waals surface area (Å²) >= 11 is 0. The zero-order valence-electron chi connectivity index (χ0n) is 19.0. The van der Waals surface area contributed by atoms with Crippen LogP contribution in [0.1, 0.15) is 53.6 Å². The molecule has 1 aromatic heterocycles. The quantitative estimate of drug-likeness (QED) is 0.490. The molecule has 0 aliphatic heterocycles. The molecule has 8 heteroatoms. The Morgan fingerprint density at radius 1 is 1.26 bits per heavy atom. The van der Waals surface area contributed by atoms with Crippen molar-refractivity contribution in [2.75, 3.05) is 11.3 Å². The number of aromatic nitrogens is 1. The number of nitrogens with one attached hydrogen (secondary N) is 2. The van der Waals surface area contributed by atoms with Gasteiger partial charge in [0.2, 0.25) is 0 Å². The molecule has 7 nitrogen and oxygen atoms in total. The monoisotopic (exact) mass is 474 g/mol. The number of aryl methyl sites for hydroxylation is 1. The van der Waals surface area contributed by atoms with Crippen LogP contribution in [0.15, 0.2) is 47.5 Å². The number of rotatable bonds is 7. The molecule has 3 aromatic rings. The number of nitrogens with zero attached hydrogens (tertiary/aromatic N) is 2. The topological polar surface area (TPSA) is 106 Å². The van der Waals surface area contributed by atoms with Crippen molar-refractivity contribution < 1.29 is 13.2 Å². The minimum Gasteiger partial charge on any atom is -0.358 e. The highest BCUT2D eigenvalue weighted by atomic mass is 32.2. The van der Waals surface area contributed by atoms with Crippen LogP contribution in [0.2, 0.25) is 0 Å². The van der Waals surface area contributed by atoms with Crippen molar-refractivity contribution in [1.29, 1.82) is 5.26 Å². The number of carbonyl (C=O) groups excluding carboxylic acids is 1. The molecule has 1 heterocycles. The molecular weight excluding hydrogens is 448 g/mol. The smallest absolute Gasteiger partial charge is 0.261 e. The third-order valence-corrected chi connectivity index (χ3v) is 7.69. The molecule has 2 aromatic carbocycles. The molecule has 0 unspecified atom stereocenters. The van der Waals surface area contributed by atoms with Crippen LogP contribution in [0.25, 0.3) is 10.9 Å². The molecule has 34 heavy (non-hydrogen) atoms. The van der Waals surface area contributed by atoms with Crippen LogP contribution in [0.4, 0.5) is 5.69 Å². The maximum absolute atomic E-state index is 13.3. The molecule has 0 bridgehead atoms. The number of H-pyrrole nitrogens is 1. The summed E-state index contributed by atoms with van der Waals surface area (Å²) in [5.41, 5.74) is 2.49. The van der Waals surface area contributed by atoms with Gasteiger partial charge >= 0.3 is 0 Å². The van der Waals surface area contributed by atoms with Gasteiger partial charge in [0.05, 0.1) is 21.7 Å². The van der Waals surface area contributed by atoms with Crippen LogP contribution in [0.5, 0.6) is 0 Å². The first-order valence-corrected chi connectivity index (χ1v) is 12.7. The number of hydrogen-bond acceptors (Lipinski definition) is 4. The Labute approximate surface area is 199 Å². The van der Waals surface area contributed by atoms with Crippen molar-refractivity contribution in [3.05, 3.63) is 59.3 Å². The van der Waals surface area contributed by atoms with Gasteiger partial charge in [-0.05, 0) is 49.6 Å². The lowest BCUT2D eigenvalue weighted by Gasteiger charge is -2.28. The highest BCUT2D eigenvalue weighted by molar-refractivity contribution is 7.92. The van der Waals surface area contributed by atoms with Crippen LogP contribution < -0.4 is 4.72 Å². The van der Waals surface area contributed by atoms with Gasteiger partial charge in [-0.1, -0.05) is 25.0 Å². The number of aromatic amines is 1. The van der Waals surface area contributed by atoms with Gasteiger partial charge in [0.15, 0.2) is 0 Å². The van der Waals surface area contributed by atoms with Crippen molar-refractivity contribution in [1.82, 2.24) is 9.88 Å². The zero-order chi connectivity index (χ0) is 24.3. The van der Waals surface area contributed by atoms with E-state index in [1.165, 1.54) is 12.1 Å². The molecule has 0 radical (unpaired) electrons. The zero-order valence-corrected chi connectivity index (χ0v) is 19.8. The van der Waals surface area contributed by atoms with E-state index in [2.05, 4.69) is 21.7 Å². The normalized spacial score (nSPS) is 14.0. The summed E-state index contributed by atoms with van der Waals surface area (Å²) in [5, 5.41) is 10.0. The van der Waals surface area contributed by atoms with Gasteiger partial charge in [0, 0.05) is 36.2 Å². The van der Waals surface area contributed by atoms with Crippen LogP contribution in [0, 0.1) is 30.6 Å². The molecule has 0 spiro atoms. The van der Waals surface area contributed by atoms with E-state index in [1.54, 1.807) is 35.4 Å². The van der Waals surface area contributed by atoms with Gasteiger partial charge in [0.1, 0.15) is 6.07 Å². The Morgan fingerprint density at radius 2 is 2.03 bits per heavy atom. The second-order valence-electron chi connectivity index (χ2n) is 8.52. The van der Waals surface area contributed by atoms with Crippen LogP contribution in [-0.4, -0.2) is 36.8 Å². The molecule has 0 atom stereocenters. The van der Waals surface area contributed by atoms with Crippen LogP contribution in [0.3, 0.4) is 0 Å². The van der Waals surface area contributed by atoms with Gasteiger partial charge in [-0.25, -0.2) is 8.42 Å². The first kappa shape index (κ1) is 23.4. The predicted octanol–water partition coefficient (Wildman–Crippen LogP) is 4.56. The first-order valence-electron chi connectivity index (χ1n) is 11.2. The number of terminal acetylenes is 1. The highest BCUT2D eigenvalue weighted by Crippen LogP contribution is 2.30. The first-order chi connectivity index (χ1) is 16.4. The Hall–Kier alpha value is -3.75. The van der Waals surface area contributed by atoms with Gasteiger partial charge < -0.3 is 9.88 Å². The highest BCUT2D eigenvalue weighted by Gasteiger charge is 2.28. The fraction of sp³-hybridized carbons (Fsp3) is 0.308. The van der Waals surface area contributed by atoms with E-state index in [9.17, 15) is 18.5 Å². The summed E-state index contributed by atoms with van der Waals surface area (Å²) in [4.78, 5) is 18.1. The Morgan fingerprint density at radius 3 is 2.74 bits per heavy atom. The Bertz CT molecular complexity index is 1420. The summed E-state index contributed by atoms with van der Waals surface area (Å²) in [6, 6.07) is 11.7. The van der Waals surface area contributed by atoms with E-state index in [4.69, 9.17) is 6.42 Å². The molecular formula is C26H26N4O3S. The van der Waals surface area contributed by atoms with Gasteiger partial charge in [-0.2, -0.15) is 5.26 Å². The number of sulfonamides is 1. The van der Waals surface area contributed by atoms with E-state index >= 15 is 0 Å². The van der Waals surface area contributed by atoms with Crippen molar-refractivity contribution in [3.8, 4) is 18.4 Å². The van der Waals surface area contributed by atoms with E-state index in [0.717, 1.165) is 31.2 Å². The molecule has 4 rings (SSSR count). The van der Waals surface area contributed by atoms with E-state index in [-0.39, 0.29) is 16.8 Å². The van der Waals surface area contributed by atoms with E-state index < -0.39 is 10.0 Å². The van der Waals surface area contributed by atoms with Crippen molar-refractivity contribution >= 4 is 32.5 Å². The molecule has 1 amide bonds. The number of nitriles is 1. The number of fused-ring (bicyclic) bond motifs is 1. The number of hydrogen-bond donors (Lipinski definition) is 2. The predicted molar refractivity (Wildman–Crippen MR) is 132 cm³/mol. The lowest BCUT2D eigenvalue weighted by molar-refractivity contribution is 0.0686. The minimum atomic E-state index is -3.99. The van der Waals surface area contributed by atoms with Crippen molar-refractivity contribution in [2.24, 2.45) is 0 Å². The van der Waals surface area contributed by atoms with E-state index in [0.29, 0.717) is 40.7 Å². The second kappa shape index (κ2) is 9.62. The largest absolute Gasteiger partial charge is 0.358 e.